The van der Waals surface area contributed by atoms with Crippen LogP contribution in [0.25, 0.3) is 0 Å². The first-order valence-electron chi connectivity index (χ1n) is 7.16. The third-order valence-electron chi connectivity index (χ3n) is 3.71. The highest BCUT2D eigenvalue weighted by molar-refractivity contribution is 5.67. The van der Waals surface area contributed by atoms with Crippen molar-refractivity contribution in [1.29, 1.82) is 0 Å². The number of hydrogen-bond acceptors (Lipinski definition) is 4. The van der Waals surface area contributed by atoms with Gasteiger partial charge < -0.3 is 10.0 Å². The summed E-state index contributed by atoms with van der Waals surface area (Å²) in [7, 11) is 0. The van der Waals surface area contributed by atoms with Gasteiger partial charge in [0.1, 0.15) is 0 Å². The summed E-state index contributed by atoms with van der Waals surface area (Å²) in [6.45, 7) is 6.37. The Labute approximate surface area is 131 Å². The molecule has 1 amide bonds. The molecule has 1 atom stereocenters. The summed E-state index contributed by atoms with van der Waals surface area (Å²) in [6, 6.07) is -0.227. The fraction of sp³-hybridized carbons (Fsp3) is 0.643. The van der Waals surface area contributed by atoms with E-state index in [0.717, 1.165) is 12.4 Å². The number of nitrogens with zero attached hydrogens (tertiary/aromatic N) is 4. The number of halogens is 3. The van der Waals surface area contributed by atoms with Crippen LogP contribution in [0.5, 0.6) is 0 Å². The number of anilines is 1. The molecule has 1 saturated heterocycles. The first-order valence-corrected chi connectivity index (χ1v) is 7.16. The first kappa shape index (κ1) is 17.3. The van der Waals surface area contributed by atoms with Gasteiger partial charge in [-0.3, -0.25) is 4.90 Å². The molecule has 2 heterocycles. The van der Waals surface area contributed by atoms with Gasteiger partial charge in [0, 0.05) is 18.6 Å². The second-order valence-electron chi connectivity index (χ2n) is 6.47. The lowest BCUT2D eigenvalue weighted by Gasteiger charge is -2.38. The summed E-state index contributed by atoms with van der Waals surface area (Å²) >= 11 is 0. The zero-order chi connectivity index (χ0) is 17.4. The van der Waals surface area contributed by atoms with Crippen LogP contribution in [0.3, 0.4) is 0 Å². The maximum absolute atomic E-state index is 12.5. The molecule has 0 spiro atoms. The highest BCUT2D eigenvalue weighted by atomic mass is 19.4. The van der Waals surface area contributed by atoms with Crippen LogP contribution < -0.4 is 4.90 Å². The minimum absolute atomic E-state index is 0.227. The average Bonchev–Trinajstić information content (AvgIpc) is 2.85. The van der Waals surface area contributed by atoms with Gasteiger partial charge in [-0.1, -0.05) is 0 Å². The Bertz CT molecular complexity index is 569. The summed E-state index contributed by atoms with van der Waals surface area (Å²) in [5.41, 5.74) is -0.0943. The van der Waals surface area contributed by atoms with Crippen LogP contribution >= 0.6 is 0 Å². The Balaban J connectivity index is 2.12. The van der Waals surface area contributed by atoms with Crippen molar-refractivity contribution in [3.63, 3.8) is 0 Å². The van der Waals surface area contributed by atoms with E-state index in [1.165, 1.54) is 4.90 Å². The van der Waals surface area contributed by atoms with Crippen molar-refractivity contribution in [2.24, 2.45) is 0 Å². The molecule has 2 rings (SSSR count). The minimum atomic E-state index is -4.57. The third kappa shape index (κ3) is 3.83. The maximum Gasteiger partial charge on any atom is 0.451 e. The van der Waals surface area contributed by atoms with Crippen molar-refractivity contribution in [2.75, 3.05) is 18.0 Å². The lowest BCUT2D eigenvalue weighted by atomic mass is 10.0. The Kier molecular flexibility index (Phi) is 4.41. The maximum atomic E-state index is 12.5. The Hall–Kier alpha value is -2.06. The number of hydrogen-bond donors (Lipinski definition) is 1. The van der Waals surface area contributed by atoms with Crippen LogP contribution in [0.1, 0.15) is 33.0 Å². The van der Waals surface area contributed by atoms with E-state index in [2.05, 4.69) is 9.97 Å². The molecule has 0 aromatic carbocycles. The van der Waals surface area contributed by atoms with E-state index < -0.39 is 23.6 Å². The van der Waals surface area contributed by atoms with Crippen molar-refractivity contribution in [2.45, 2.75) is 44.9 Å². The molecule has 1 fully saturated rings. The zero-order valence-corrected chi connectivity index (χ0v) is 13.1. The largest absolute Gasteiger partial charge is 0.465 e. The molecule has 0 aliphatic carbocycles. The zero-order valence-electron chi connectivity index (χ0n) is 13.1. The molecule has 0 radical (unpaired) electrons. The smallest absolute Gasteiger partial charge is 0.451 e. The Morgan fingerprint density at radius 1 is 1.30 bits per heavy atom. The van der Waals surface area contributed by atoms with E-state index in [1.54, 1.807) is 4.90 Å². The van der Waals surface area contributed by atoms with Gasteiger partial charge in [-0.2, -0.15) is 13.2 Å². The topological polar surface area (TPSA) is 69.6 Å². The predicted molar refractivity (Wildman–Crippen MR) is 77.3 cm³/mol. The average molecular weight is 332 g/mol. The molecular formula is C14H19F3N4O2. The molecule has 1 aliphatic heterocycles. The molecule has 9 heteroatoms. The van der Waals surface area contributed by atoms with E-state index in [4.69, 9.17) is 0 Å². The van der Waals surface area contributed by atoms with E-state index in [9.17, 15) is 23.1 Å². The molecule has 1 N–H and O–H groups in total. The molecule has 23 heavy (non-hydrogen) atoms. The van der Waals surface area contributed by atoms with E-state index in [-0.39, 0.29) is 6.04 Å². The minimum Gasteiger partial charge on any atom is -0.465 e. The van der Waals surface area contributed by atoms with Crippen molar-refractivity contribution in [1.82, 2.24) is 14.9 Å². The fourth-order valence-corrected chi connectivity index (χ4v) is 2.81. The fourth-order valence-electron chi connectivity index (χ4n) is 2.81. The van der Waals surface area contributed by atoms with Gasteiger partial charge in [0.2, 0.25) is 5.82 Å². The molecule has 0 saturated carbocycles. The lowest BCUT2D eigenvalue weighted by molar-refractivity contribution is -0.145. The van der Waals surface area contributed by atoms with Gasteiger partial charge in [0.15, 0.2) is 0 Å². The molecule has 1 aliphatic rings. The van der Waals surface area contributed by atoms with E-state index in [0.29, 0.717) is 25.2 Å². The quantitative estimate of drug-likeness (QED) is 0.902. The monoisotopic (exact) mass is 332 g/mol. The predicted octanol–water partition coefficient (Wildman–Crippen LogP) is 2.85. The Morgan fingerprint density at radius 2 is 1.87 bits per heavy atom. The highest BCUT2D eigenvalue weighted by Crippen LogP contribution is 2.29. The number of carbonyl (C=O) groups is 1. The molecular weight excluding hydrogens is 313 g/mol. The lowest BCUT2D eigenvalue weighted by Crippen LogP contribution is -2.52. The van der Waals surface area contributed by atoms with Crippen LogP contribution in [0.15, 0.2) is 12.4 Å². The number of rotatable bonds is 2. The molecule has 1 unspecified atom stereocenters. The molecule has 1 aromatic rings. The van der Waals surface area contributed by atoms with Gasteiger partial charge >= 0.3 is 12.3 Å². The number of aromatic nitrogens is 2. The highest BCUT2D eigenvalue weighted by Gasteiger charge is 2.38. The molecule has 1 aromatic heterocycles. The third-order valence-corrected chi connectivity index (χ3v) is 3.71. The molecule has 0 bridgehead atoms. The van der Waals surface area contributed by atoms with Gasteiger partial charge in [0.05, 0.1) is 24.1 Å². The van der Waals surface area contributed by atoms with Crippen LogP contribution in [-0.2, 0) is 6.18 Å². The van der Waals surface area contributed by atoms with Crippen molar-refractivity contribution >= 4 is 11.8 Å². The van der Waals surface area contributed by atoms with Crippen LogP contribution in [-0.4, -0.2) is 50.7 Å². The van der Waals surface area contributed by atoms with Crippen molar-refractivity contribution < 1.29 is 23.1 Å². The van der Waals surface area contributed by atoms with E-state index in [1.807, 2.05) is 20.8 Å². The van der Waals surface area contributed by atoms with E-state index >= 15 is 0 Å². The molecule has 6 nitrogen and oxygen atoms in total. The second kappa shape index (κ2) is 5.86. The standard InChI is InChI=1S/C14H19F3N4O2/c1-13(2,3)21(12(22)23)9-4-5-20(8-9)10-6-18-11(19-7-10)14(15,16)17/h6-7,9H,4-5,8H2,1-3H3,(H,22,23). The summed E-state index contributed by atoms with van der Waals surface area (Å²) < 4.78 is 37.4. The van der Waals surface area contributed by atoms with Crippen molar-refractivity contribution in [3.8, 4) is 0 Å². The van der Waals surface area contributed by atoms with Crippen molar-refractivity contribution in [3.05, 3.63) is 18.2 Å². The normalized spacial score (nSPS) is 19.0. The number of alkyl halides is 3. The van der Waals surface area contributed by atoms with Gasteiger partial charge in [0.25, 0.3) is 0 Å². The summed E-state index contributed by atoms with van der Waals surface area (Å²) in [5.74, 6) is -1.18. The second-order valence-corrected chi connectivity index (χ2v) is 6.47. The van der Waals surface area contributed by atoms with Gasteiger partial charge in [-0.25, -0.2) is 14.8 Å². The summed E-state index contributed by atoms with van der Waals surface area (Å²) in [5, 5.41) is 9.41. The number of carboxylic acid groups (broad SMARTS) is 1. The van der Waals surface area contributed by atoms with Crippen LogP contribution in [0.4, 0.5) is 23.7 Å². The van der Waals surface area contributed by atoms with Gasteiger partial charge in [-0.05, 0) is 27.2 Å². The number of amides is 1. The Morgan fingerprint density at radius 3 is 2.30 bits per heavy atom. The van der Waals surface area contributed by atoms with Crippen LogP contribution in [0.2, 0.25) is 0 Å². The first-order chi connectivity index (χ1) is 10.5. The summed E-state index contributed by atoms with van der Waals surface area (Å²) in [6.07, 6.45) is -2.72. The SMILES string of the molecule is CC(C)(C)N(C(=O)O)C1CCN(c2cnc(C(F)(F)F)nc2)C1. The molecule has 128 valence electrons. The van der Waals surface area contributed by atoms with Gasteiger partial charge in [-0.15, -0.1) is 0 Å². The summed E-state index contributed by atoms with van der Waals surface area (Å²) in [4.78, 5) is 21.4. The van der Waals surface area contributed by atoms with Crippen LogP contribution in [0, 0.1) is 0 Å².